The lowest BCUT2D eigenvalue weighted by Crippen LogP contribution is -2.32. The van der Waals surface area contributed by atoms with Crippen molar-refractivity contribution >= 4 is 24.3 Å². The molecule has 0 aliphatic rings. The number of hydrogen-bond donors (Lipinski definition) is 2. The van der Waals surface area contributed by atoms with E-state index >= 15 is 0 Å². The molecule has 0 unspecified atom stereocenters. The minimum absolute atomic E-state index is 0.188. The number of rotatable bonds is 3. The lowest BCUT2D eigenvalue weighted by molar-refractivity contribution is 0.425. The molecule has 1 aromatic carbocycles. The normalized spacial score (nSPS) is 11.5. The fraction of sp³-hybridized carbons (Fsp3) is 0.455. The van der Waals surface area contributed by atoms with Crippen molar-refractivity contribution in [2.75, 3.05) is 0 Å². The molecule has 0 saturated carbocycles. The van der Waals surface area contributed by atoms with Crippen LogP contribution in [0.4, 0.5) is 0 Å². The fourth-order valence-electron chi connectivity index (χ4n) is 1.21. The Balaban J connectivity index is 2.76. The quantitative estimate of drug-likeness (QED) is 0.762. The maximum absolute atomic E-state index is 9.18. The van der Waals surface area contributed by atoms with Gasteiger partial charge in [0.05, 0.1) is 0 Å². The molecule has 82 valence electrons. The highest BCUT2D eigenvalue weighted by molar-refractivity contribution is 7.99. The lowest BCUT2D eigenvalue weighted by atomic mass is 9.77. The third kappa shape index (κ3) is 4.28. The summed E-state index contributed by atoms with van der Waals surface area (Å²) >= 11 is 1.80. The van der Waals surface area contributed by atoms with E-state index in [1.165, 1.54) is 0 Å². The van der Waals surface area contributed by atoms with Crippen LogP contribution in [0.3, 0.4) is 0 Å². The van der Waals surface area contributed by atoms with Crippen LogP contribution in [-0.2, 0) is 5.75 Å². The number of hydrogen-bond acceptors (Lipinski definition) is 3. The van der Waals surface area contributed by atoms with E-state index in [0.717, 1.165) is 11.3 Å². The smallest absolute Gasteiger partial charge is 0.423 e. The Labute approximate surface area is 95.9 Å². The van der Waals surface area contributed by atoms with E-state index in [4.69, 9.17) is 0 Å². The summed E-state index contributed by atoms with van der Waals surface area (Å²) in [6.45, 7) is 6.45. The third-order valence-corrected chi connectivity index (χ3v) is 3.32. The zero-order valence-electron chi connectivity index (χ0n) is 9.40. The van der Waals surface area contributed by atoms with Gasteiger partial charge in [-0.3, -0.25) is 0 Å². The summed E-state index contributed by atoms with van der Waals surface area (Å²) in [6.07, 6.45) is 0. The van der Waals surface area contributed by atoms with Crippen LogP contribution in [0, 0.1) is 0 Å². The summed E-state index contributed by atoms with van der Waals surface area (Å²) in [5.74, 6) is 0.803. The first kappa shape index (κ1) is 12.6. The average Bonchev–Trinajstić information content (AvgIpc) is 2.14. The van der Waals surface area contributed by atoms with E-state index in [1.807, 2.05) is 18.2 Å². The second kappa shape index (κ2) is 5.06. The standard InChI is InChI=1S/C11H17BO2S/c1-11(2,3)15-8-9-6-4-5-7-10(9)12(13)14/h4-7,13-14H,8H2,1-3H3. The van der Waals surface area contributed by atoms with Crippen LogP contribution in [0.2, 0.25) is 0 Å². The minimum atomic E-state index is -1.37. The molecule has 0 heterocycles. The molecule has 4 heteroatoms. The van der Waals surface area contributed by atoms with Crippen LogP contribution in [0.1, 0.15) is 26.3 Å². The maximum atomic E-state index is 9.18. The highest BCUT2D eigenvalue weighted by Crippen LogP contribution is 2.26. The predicted octanol–water partition coefficient (Wildman–Crippen LogP) is 1.40. The monoisotopic (exact) mass is 224 g/mol. The van der Waals surface area contributed by atoms with Crippen LogP contribution in [-0.4, -0.2) is 21.9 Å². The van der Waals surface area contributed by atoms with Crippen LogP contribution in [0.5, 0.6) is 0 Å². The molecular formula is C11H17BO2S. The van der Waals surface area contributed by atoms with Gasteiger partial charge in [0.2, 0.25) is 0 Å². The average molecular weight is 224 g/mol. The Hall–Kier alpha value is -0.445. The minimum Gasteiger partial charge on any atom is -0.423 e. The second-order valence-corrected chi connectivity index (χ2v) is 6.28. The molecule has 1 rings (SSSR count). The van der Waals surface area contributed by atoms with Crippen LogP contribution in [0.25, 0.3) is 0 Å². The van der Waals surface area contributed by atoms with Gasteiger partial charge in [-0.05, 0) is 11.0 Å². The maximum Gasteiger partial charge on any atom is 0.488 e. The highest BCUT2D eigenvalue weighted by Gasteiger charge is 2.17. The van der Waals surface area contributed by atoms with Crippen molar-refractivity contribution in [3.8, 4) is 0 Å². The van der Waals surface area contributed by atoms with Crippen molar-refractivity contribution < 1.29 is 10.0 Å². The second-order valence-electron chi connectivity index (χ2n) is 4.47. The first-order chi connectivity index (χ1) is 6.90. The molecule has 15 heavy (non-hydrogen) atoms. The van der Waals surface area contributed by atoms with E-state index in [-0.39, 0.29) is 4.75 Å². The molecule has 2 nitrogen and oxygen atoms in total. The topological polar surface area (TPSA) is 40.5 Å². The number of benzene rings is 1. The van der Waals surface area contributed by atoms with Gasteiger partial charge in [-0.15, -0.1) is 0 Å². The van der Waals surface area contributed by atoms with Gasteiger partial charge in [-0.1, -0.05) is 45.0 Å². The van der Waals surface area contributed by atoms with Gasteiger partial charge in [-0.25, -0.2) is 0 Å². The van der Waals surface area contributed by atoms with Gasteiger partial charge >= 0.3 is 7.12 Å². The summed E-state index contributed by atoms with van der Waals surface area (Å²) in [7, 11) is -1.37. The van der Waals surface area contributed by atoms with Crippen molar-refractivity contribution in [1.29, 1.82) is 0 Å². The number of thioether (sulfide) groups is 1. The van der Waals surface area contributed by atoms with Gasteiger partial charge in [0.1, 0.15) is 0 Å². The van der Waals surface area contributed by atoms with Crippen molar-refractivity contribution in [2.24, 2.45) is 0 Å². The van der Waals surface area contributed by atoms with E-state index in [2.05, 4.69) is 20.8 Å². The molecule has 0 aliphatic heterocycles. The van der Waals surface area contributed by atoms with Gasteiger partial charge in [-0.2, -0.15) is 11.8 Å². The summed E-state index contributed by atoms with van der Waals surface area (Å²) in [5.41, 5.74) is 1.60. The summed E-state index contributed by atoms with van der Waals surface area (Å²) in [6, 6.07) is 7.43. The molecule has 0 saturated heterocycles. The summed E-state index contributed by atoms with van der Waals surface area (Å²) in [5, 5.41) is 18.4. The third-order valence-electron chi connectivity index (χ3n) is 1.99. The van der Waals surface area contributed by atoms with Gasteiger partial charge < -0.3 is 10.0 Å². The van der Waals surface area contributed by atoms with E-state index in [1.54, 1.807) is 17.8 Å². The zero-order chi connectivity index (χ0) is 11.5. The van der Waals surface area contributed by atoms with Crippen molar-refractivity contribution in [1.82, 2.24) is 0 Å². The Bertz CT molecular complexity index is 321. The molecule has 0 amide bonds. The van der Waals surface area contributed by atoms with Crippen molar-refractivity contribution in [3.63, 3.8) is 0 Å². The molecule has 0 radical (unpaired) electrons. The molecule has 0 fully saturated rings. The highest BCUT2D eigenvalue weighted by atomic mass is 32.2. The van der Waals surface area contributed by atoms with E-state index in [9.17, 15) is 10.0 Å². The summed E-state index contributed by atoms with van der Waals surface area (Å²) < 4.78 is 0.188. The van der Waals surface area contributed by atoms with Gasteiger partial charge in [0, 0.05) is 10.5 Å². The fourth-order valence-corrected chi connectivity index (χ4v) is 2.06. The molecule has 0 bridgehead atoms. The molecule has 2 N–H and O–H groups in total. The molecule has 0 spiro atoms. The summed E-state index contributed by atoms with van der Waals surface area (Å²) in [4.78, 5) is 0. The Morgan fingerprint density at radius 2 is 1.80 bits per heavy atom. The largest absolute Gasteiger partial charge is 0.488 e. The van der Waals surface area contributed by atoms with Gasteiger partial charge in [0.25, 0.3) is 0 Å². The van der Waals surface area contributed by atoms with Crippen LogP contribution < -0.4 is 5.46 Å². The predicted molar refractivity (Wildman–Crippen MR) is 67.3 cm³/mol. The Morgan fingerprint density at radius 3 is 2.33 bits per heavy atom. The first-order valence-corrected chi connectivity index (χ1v) is 5.96. The van der Waals surface area contributed by atoms with E-state index < -0.39 is 7.12 Å². The van der Waals surface area contributed by atoms with E-state index in [0.29, 0.717) is 5.46 Å². The Kier molecular flexibility index (Phi) is 4.26. The molecule has 0 atom stereocenters. The van der Waals surface area contributed by atoms with Crippen molar-refractivity contribution in [3.05, 3.63) is 29.8 Å². The molecule has 0 aliphatic carbocycles. The van der Waals surface area contributed by atoms with Crippen LogP contribution in [0.15, 0.2) is 24.3 Å². The molecule has 1 aromatic rings. The SMILES string of the molecule is CC(C)(C)SCc1ccccc1B(O)O. The molecular weight excluding hydrogens is 207 g/mol. The van der Waals surface area contributed by atoms with Crippen LogP contribution >= 0.6 is 11.8 Å². The molecule has 0 aromatic heterocycles. The zero-order valence-corrected chi connectivity index (χ0v) is 10.2. The van der Waals surface area contributed by atoms with Crippen molar-refractivity contribution in [2.45, 2.75) is 31.3 Å². The van der Waals surface area contributed by atoms with Gasteiger partial charge in [0.15, 0.2) is 0 Å². The first-order valence-electron chi connectivity index (χ1n) is 4.98. The lowest BCUT2D eigenvalue weighted by Gasteiger charge is -2.18. The Morgan fingerprint density at radius 1 is 1.20 bits per heavy atom.